The molecule has 2 aliphatic heterocycles. The van der Waals surface area contributed by atoms with Gasteiger partial charge in [-0.25, -0.2) is 0 Å². The van der Waals surface area contributed by atoms with E-state index in [9.17, 15) is 0 Å². The van der Waals surface area contributed by atoms with Gasteiger partial charge in [-0.3, -0.25) is 9.59 Å². The Bertz CT molecular complexity index is 5100. The second-order valence-corrected chi connectivity index (χ2v) is 29.9. The van der Waals surface area contributed by atoms with Gasteiger partial charge in [-0.1, -0.05) is 255 Å². The van der Waals surface area contributed by atoms with Crippen molar-refractivity contribution in [3.8, 4) is 0 Å². The minimum absolute atomic E-state index is 0. The fourth-order valence-electron chi connectivity index (χ4n) is 12.0. The van der Waals surface area contributed by atoms with Crippen LogP contribution in [0.15, 0.2) is 402 Å². The minimum Gasteiger partial charge on any atom is -0.481 e. The number of carboxylic acids is 2. The summed E-state index contributed by atoms with van der Waals surface area (Å²) >= 11 is 12.5. The van der Waals surface area contributed by atoms with E-state index >= 15 is 0 Å². The number of benzene rings is 15. The Hall–Kier alpha value is -12.1. The first kappa shape index (κ1) is 89.8. The number of halogens is 4. The Morgan fingerprint density at radius 2 is 0.542 bits per heavy atom. The maximum Gasteiger partial charge on any atom is 0.300 e. The number of hydrogen-bond acceptors (Lipinski definition) is 13. The van der Waals surface area contributed by atoms with Crippen molar-refractivity contribution in [2.45, 2.75) is 40.0 Å². The Balaban J connectivity index is 0.000000168. The Labute approximate surface area is 744 Å². The number of hydrogen-bond donors (Lipinski definition) is 11. The van der Waals surface area contributed by atoms with Crippen LogP contribution in [0.4, 0.5) is 102 Å². The van der Waals surface area contributed by atoms with Gasteiger partial charge in [0.1, 0.15) is 0 Å². The number of para-hydroxylation sites is 18. The Morgan fingerprint density at radius 1 is 0.305 bits per heavy atom. The predicted molar refractivity (Wildman–Crippen MR) is 511 cm³/mol. The molecular formula is C98H91Br3IN11O4Pd. The molecule has 0 bridgehead atoms. The van der Waals surface area contributed by atoms with Crippen molar-refractivity contribution in [2.75, 3.05) is 58.5 Å². The average Bonchev–Trinajstić information content (AvgIpc) is 1.55. The van der Waals surface area contributed by atoms with Crippen LogP contribution in [0.3, 0.4) is 0 Å². The smallest absolute Gasteiger partial charge is 0.300 e. The third-order valence-electron chi connectivity index (χ3n) is 17.5. The van der Waals surface area contributed by atoms with E-state index in [1.807, 2.05) is 146 Å². The second-order valence-electron chi connectivity index (χ2n) is 26.2. The van der Waals surface area contributed by atoms with Crippen molar-refractivity contribution in [2.24, 2.45) is 0 Å². The van der Waals surface area contributed by atoms with Gasteiger partial charge in [0.25, 0.3) is 11.9 Å². The van der Waals surface area contributed by atoms with Crippen molar-refractivity contribution >= 4 is 185 Å². The maximum absolute atomic E-state index is 9.00. The monoisotopic (exact) mass is 1960 g/mol. The summed E-state index contributed by atoms with van der Waals surface area (Å²) in [6.45, 7) is 5.36. The first-order chi connectivity index (χ1) is 57.0. The van der Waals surface area contributed by atoms with Gasteiger partial charge in [-0.15, -0.1) is 0 Å². The van der Waals surface area contributed by atoms with Gasteiger partial charge in [-0.2, -0.15) is 0 Å². The molecule has 0 saturated heterocycles. The second kappa shape index (κ2) is 48.4. The summed E-state index contributed by atoms with van der Waals surface area (Å²) in [6, 6.07) is 133. The van der Waals surface area contributed by atoms with Gasteiger partial charge in [0.15, 0.2) is 0 Å². The van der Waals surface area contributed by atoms with Gasteiger partial charge in [0, 0.05) is 88.8 Å². The van der Waals surface area contributed by atoms with E-state index in [1.54, 1.807) is 0 Å². The van der Waals surface area contributed by atoms with Crippen LogP contribution < -0.4 is 58.5 Å². The van der Waals surface area contributed by atoms with Gasteiger partial charge in [0.05, 0.1) is 91.0 Å². The quantitative estimate of drug-likeness (QED) is 0.0312. The number of carbonyl (C=O) groups is 2. The summed E-state index contributed by atoms with van der Waals surface area (Å²) in [6.07, 6.45) is 0. The number of nitrogens with two attached hydrogens (primary N) is 2. The summed E-state index contributed by atoms with van der Waals surface area (Å²) in [5.41, 5.74) is 35.3. The first-order valence-electron chi connectivity index (χ1n) is 37.6. The van der Waals surface area contributed by atoms with Gasteiger partial charge in [-0.05, 0) is 226 Å². The average molecular weight is 1960 g/mol. The number of nitrogen functional groups attached to an aromatic ring is 2. The molecule has 2 aliphatic rings. The van der Waals surface area contributed by atoms with Crippen molar-refractivity contribution in [3.63, 3.8) is 0 Å². The van der Waals surface area contributed by atoms with Crippen LogP contribution in [0, 0.1) is 3.57 Å². The fraction of sp³-hybridized carbons (Fsp3) is 0.0612. The molecule has 2 heterocycles. The zero-order valence-electron chi connectivity index (χ0n) is 64.9. The number of fused-ring (bicyclic) bond motifs is 6. The summed E-state index contributed by atoms with van der Waals surface area (Å²) in [5, 5.41) is 39.4. The van der Waals surface area contributed by atoms with Crippen LogP contribution in [0.25, 0.3) is 0 Å². The number of carboxylic acid groups (broad SMARTS) is 2. The van der Waals surface area contributed by atoms with Gasteiger partial charge < -0.3 is 68.7 Å². The van der Waals surface area contributed by atoms with Crippen LogP contribution in [0.2, 0.25) is 0 Å². The summed E-state index contributed by atoms with van der Waals surface area (Å²) in [4.78, 5) is 22.9. The molecule has 0 amide bonds. The number of aliphatic carboxylic acids is 2. The molecule has 118 heavy (non-hydrogen) atoms. The molecule has 0 unspecified atom stereocenters. The largest absolute Gasteiger partial charge is 0.481 e. The molecule has 15 aromatic carbocycles. The van der Waals surface area contributed by atoms with Crippen molar-refractivity contribution in [1.29, 1.82) is 0 Å². The van der Waals surface area contributed by atoms with Crippen LogP contribution >= 0.6 is 70.4 Å². The standard InChI is InChI=1S/C32H27N3.C20H20N2.C18H15N3.C12H9Br2N.C6H6BrN.C6H6IN.2C2H4O2.Pd/c1-3-13-25(14-4-1)23-34-29-19-9-7-17-27(29)33-28-18-8-10-20-30(28)35(24-26-15-5-2-6-16-26)32-22-12-11-21-31(32)34;1-3-9-17(10-4-1)15-21-19-13-7-8-14-20(19)22-16-18-11-5-2-6-12-18;1-2-8-14-13(7-1)19-15-9-3-4-10-16(15)21-18-12-6-5-11-17(18)20-14;13-9-5-1-3-7-11(9)15-12-8-4-2-6-10(12)14;2*7-5-3-1-2-4-6(5)8;2*1-2(3)4;/h1-22,33H,23-24H2;1-14,21-22H,15-16H2;1-12,19-21H;1-8,15H;2*1-4H,8H2;2*1H3,(H,3,4);. The minimum atomic E-state index is -0.833. The Kier molecular flexibility index (Phi) is 36.8. The Morgan fingerprint density at radius 3 is 0.831 bits per heavy atom. The molecule has 0 saturated carbocycles. The van der Waals surface area contributed by atoms with Crippen LogP contribution in [-0.2, 0) is 56.2 Å². The molecule has 20 heteroatoms. The van der Waals surface area contributed by atoms with Crippen molar-refractivity contribution in [3.05, 3.63) is 427 Å². The molecule has 0 radical (unpaired) electrons. The molecular weight excluding hydrogens is 1870 g/mol. The molecule has 0 aromatic heterocycles. The normalized spacial score (nSPS) is 10.6. The SMILES string of the molecule is Brc1ccccc1Nc1ccccc1Br.CC(=O)O.CC(=O)O.Nc1ccccc1Br.Nc1ccccc1I.[Pd].c1ccc(CN2c3ccccc3Nc3ccccc3N(Cc3ccccc3)c3ccccc32)cc1.c1ccc(CNc2ccccc2NCc2ccccc2)cc1.c1ccc2c(c1)Nc1ccccc1Nc1ccccc1N2. The first-order valence-corrected chi connectivity index (χ1v) is 41.0. The molecule has 15 aromatic rings. The van der Waals surface area contributed by atoms with E-state index in [4.69, 9.17) is 31.3 Å². The van der Waals surface area contributed by atoms with Gasteiger partial charge in [0.2, 0.25) is 0 Å². The third kappa shape index (κ3) is 28.9. The van der Waals surface area contributed by atoms with E-state index in [1.165, 1.54) is 33.6 Å². The summed E-state index contributed by atoms with van der Waals surface area (Å²) < 4.78 is 4.19. The number of nitrogens with one attached hydrogen (secondary N) is 7. The predicted octanol–water partition coefficient (Wildman–Crippen LogP) is 27.6. The zero-order chi connectivity index (χ0) is 82.4. The van der Waals surface area contributed by atoms with Crippen molar-refractivity contribution in [1.82, 2.24) is 0 Å². The molecule has 0 atom stereocenters. The van der Waals surface area contributed by atoms with Gasteiger partial charge >= 0.3 is 0 Å². The number of anilines is 18. The molecule has 0 spiro atoms. The summed E-state index contributed by atoms with van der Waals surface area (Å²) in [5.74, 6) is -1.67. The zero-order valence-corrected chi connectivity index (χ0v) is 73.3. The molecule has 13 N–H and O–H groups in total. The van der Waals surface area contributed by atoms with E-state index in [2.05, 4.69) is 360 Å². The molecule has 17 rings (SSSR count). The molecule has 15 nitrogen and oxygen atoms in total. The topological polar surface area (TPSA) is 217 Å². The molecule has 0 aliphatic carbocycles. The van der Waals surface area contributed by atoms with E-state index in [0.717, 1.165) is 148 Å². The van der Waals surface area contributed by atoms with E-state index < -0.39 is 11.9 Å². The molecule has 0 fully saturated rings. The van der Waals surface area contributed by atoms with Crippen LogP contribution in [-0.4, -0.2) is 22.2 Å². The fourth-order valence-corrected chi connectivity index (χ4v) is 13.4. The van der Waals surface area contributed by atoms with E-state index in [0.29, 0.717) is 0 Å². The number of rotatable bonds is 12. The maximum atomic E-state index is 9.00. The van der Waals surface area contributed by atoms with Crippen LogP contribution in [0.1, 0.15) is 36.1 Å². The number of nitrogens with zero attached hydrogens (tertiary/aromatic N) is 2. The van der Waals surface area contributed by atoms with Crippen LogP contribution in [0.5, 0.6) is 0 Å². The third-order valence-corrected chi connectivity index (χ3v) is 20.6. The van der Waals surface area contributed by atoms with Crippen molar-refractivity contribution < 1.29 is 40.2 Å². The molecule has 600 valence electrons. The summed E-state index contributed by atoms with van der Waals surface area (Å²) in [7, 11) is 0. The van der Waals surface area contributed by atoms with E-state index in [-0.39, 0.29) is 20.4 Å².